The molecular formula is C20H19Br. The van der Waals surface area contributed by atoms with Gasteiger partial charge in [-0.1, -0.05) is 76.1 Å². The molecule has 1 atom stereocenters. The Morgan fingerprint density at radius 1 is 0.714 bits per heavy atom. The van der Waals surface area contributed by atoms with Gasteiger partial charge in [-0.15, -0.1) is 0 Å². The van der Waals surface area contributed by atoms with Gasteiger partial charge in [-0.05, 0) is 53.8 Å². The Hall–Kier alpha value is -1.60. The summed E-state index contributed by atoms with van der Waals surface area (Å²) in [7, 11) is 0. The molecule has 21 heavy (non-hydrogen) atoms. The molecule has 0 radical (unpaired) electrons. The van der Waals surface area contributed by atoms with Gasteiger partial charge in [-0.3, -0.25) is 0 Å². The SMILES string of the molecule is Cc1ccc(C)c(C(Br)c2ccc(C)c3ccccc23)c1. The maximum Gasteiger partial charge on any atom is 0.0653 e. The number of alkyl halides is 1. The minimum Gasteiger partial charge on any atom is -0.0786 e. The van der Waals surface area contributed by atoms with Crippen LogP contribution in [0.2, 0.25) is 0 Å². The van der Waals surface area contributed by atoms with Crippen molar-refractivity contribution in [1.29, 1.82) is 0 Å². The van der Waals surface area contributed by atoms with Crippen LogP contribution in [-0.4, -0.2) is 0 Å². The molecule has 3 aromatic carbocycles. The van der Waals surface area contributed by atoms with Crippen molar-refractivity contribution in [2.75, 3.05) is 0 Å². The number of aryl methyl sites for hydroxylation is 3. The van der Waals surface area contributed by atoms with E-state index in [0.717, 1.165) is 0 Å². The van der Waals surface area contributed by atoms with E-state index in [4.69, 9.17) is 0 Å². The molecule has 0 aliphatic heterocycles. The van der Waals surface area contributed by atoms with Crippen LogP contribution in [0.4, 0.5) is 0 Å². The van der Waals surface area contributed by atoms with Crippen LogP contribution in [0.15, 0.2) is 54.6 Å². The third-order valence-electron chi connectivity index (χ3n) is 4.16. The number of hydrogen-bond acceptors (Lipinski definition) is 0. The fraction of sp³-hybridized carbons (Fsp3) is 0.200. The Bertz CT molecular complexity index is 802. The van der Waals surface area contributed by atoms with Gasteiger partial charge in [0.2, 0.25) is 0 Å². The zero-order chi connectivity index (χ0) is 15.0. The van der Waals surface area contributed by atoms with Crippen molar-refractivity contribution in [1.82, 2.24) is 0 Å². The fourth-order valence-corrected chi connectivity index (χ4v) is 3.79. The van der Waals surface area contributed by atoms with Gasteiger partial charge in [-0.2, -0.15) is 0 Å². The smallest absolute Gasteiger partial charge is 0.0653 e. The van der Waals surface area contributed by atoms with E-state index in [0.29, 0.717) is 0 Å². The van der Waals surface area contributed by atoms with E-state index < -0.39 is 0 Å². The zero-order valence-electron chi connectivity index (χ0n) is 12.7. The monoisotopic (exact) mass is 338 g/mol. The largest absolute Gasteiger partial charge is 0.0786 e. The lowest BCUT2D eigenvalue weighted by Gasteiger charge is -2.17. The Balaban J connectivity index is 2.20. The van der Waals surface area contributed by atoms with Crippen molar-refractivity contribution in [2.45, 2.75) is 25.6 Å². The van der Waals surface area contributed by atoms with Crippen LogP contribution in [0.5, 0.6) is 0 Å². The van der Waals surface area contributed by atoms with Crippen molar-refractivity contribution < 1.29 is 0 Å². The van der Waals surface area contributed by atoms with Crippen LogP contribution < -0.4 is 0 Å². The van der Waals surface area contributed by atoms with E-state index in [9.17, 15) is 0 Å². The first-order valence-electron chi connectivity index (χ1n) is 7.27. The summed E-state index contributed by atoms with van der Waals surface area (Å²) in [6, 6.07) is 19.8. The summed E-state index contributed by atoms with van der Waals surface area (Å²) >= 11 is 3.92. The molecule has 0 saturated carbocycles. The Morgan fingerprint density at radius 3 is 2.14 bits per heavy atom. The molecule has 1 unspecified atom stereocenters. The molecule has 3 rings (SSSR count). The first kappa shape index (κ1) is 14.3. The van der Waals surface area contributed by atoms with Crippen LogP contribution in [0.25, 0.3) is 10.8 Å². The highest BCUT2D eigenvalue weighted by molar-refractivity contribution is 9.09. The molecule has 1 heteroatoms. The van der Waals surface area contributed by atoms with Crippen molar-refractivity contribution in [3.63, 3.8) is 0 Å². The Kier molecular flexibility index (Phi) is 3.86. The molecule has 0 aromatic heterocycles. The van der Waals surface area contributed by atoms with Crippen LogP contribution in [0.1, 0.15) is 32.6 Å². The second-order valence-corrected chi connectivity index (χ2v) is 6.66. The molecule has 0 N–H and O–H groups in total. The minimum absolute atomic E-state index is 0.225. The Labute approximate surface area is 134 Å². The molecule has 0 saturated heterocycles. The van der Waals surface area contributed by atoms with Gasteiger partial charge in [0.15, 0.2) is 0 Å². The fourth-order valence-electron chi connectivity index (χ4n) is 2.89. The van der Waals surface area contributed by atoms with Gasteiger partial charge in [-0.25, -0.2) is 0 Å². The summed E-state index contributed by atoms with van der Waals surface area (Å²) in [5.41, 5.74) is 6.65. The third kappa shape index (κ3) is 2.63. The molecule has 106 valence electrons. The average Bonchev–Trinajstić information content (AvgIpc) is 2.50. The lowest BCUT2D eigenvalue weighted by Crippen LogP contribution is -1.98. The highest BCUT2D eigenvalue weighted by Crippen LogP contribution is 2.37. The van der Waals surface area contributed by atoms with E-state index >= 15 is 0 Å². The standard InChI is InChI=1S/C20H19Br/c1-13-8-9-15(3)19(12-13)20(21)18-11-10-14(2)16-6-4-5-7-17(16)18/h4-12,20H,1-3H3. The van der Waals surface area contributed by atoms with Gasteiger partial charge >= 0.3 is 0 Å². The molecule has 0 amide bonds. The van der Waals surface area contributed by atoms with Crippen LogP contribution in [-0.2, 0) is 0 Å². The molecule has 0 spiro atoms. The van der Waals surface area contributed by atoms with E-state index in [2.05, 4.69) is 91.3 Å². The first-order chi connectivity index (χ1) is 10.1. The number of rotatable bonds is 2. The average molecular weight is 339 g/mol. The summed E-state index contributed by atoms with van der Waals surface area (Å²) in [5, 5.41) is 2.67. The van der Waals surface area contributed by atoms with E-state index in [1.54, 1.807) is 0 Å². The predicted octanol–water partition coefficient (Wildman–Crippen LogP) is 6.25. The lowest BCUT2D eigenvalue weighted by molar-refractivity contribution is 1.14. The van der Waals surface area contributed by atoms with Crippen LogP contribution in [0, 0.1) is 20.8 Å². The maximum atomic E-state index is 3.92. The van der Waals surface area contributed by atoms with Gasteiger partial charge < -0.3 is 0 Å². The summed E-state index contributed by atoms with van der Waals surface area (Å²) in [6.07, 6.45) is 0. The van der Waals surface area contributed by atoms with E-state index in [1.165, 1.54) is 38.6 Å². The minimum atomic E-state index is 0.225. The maximum absolute atomic E-state index is 3.92. The zero-order valence-corrected chi connectivity index (χ0v) is 14.2. The van der Waals surface area contributed by atoms with Crippen molar-refractivity contribution in [2.24, 2.45) is 0 Å². The molecule has 0 fully saturated rings. The van der Waals surface area contributed by atoms with E-state index in [1.807, 2.05) is 0 Å². The number of halogens is 1. The topological polar surface area (TPSA) is 0 Å². The van der Waals surface area contributed by atoms with Gasteiger partial charge in [0.05, 0.1) is 4.83 Å². The van der Waals surface area contributed by atoms with Gasteiger partial charge in [0.1, 0.15) is 0 Å². The lowest BCUT2D eigenvalue weighted by atomic mass is 9.93. The van der Waals surface area contributed by atoms with Crippen molar-refractivity contribution >= 4 is 26.7 Å². The van der Waals surface area contributed by atoms with Crippen molar-refractivity contribution in [3.05, 3.63) is 82.4 Å². The second kappa shape index (κ2) is 5.65. The molecule has 0 aliphatic rings. The van der Waals surface area contributed by atoms with Crippen LogP contribution in [0.3, 0.4) is 0 Å². The summed E-state index contributed by atoms with van der Waals surface area (Å²) in [4.78, 5) is 0.225. The molecule has 0 heterocycles. The Morgan fingerprint density at radius 2 is 1.38 bits per heavy atom. The summed E-state index contributed by atoms with van der Waals surface area (Å²) in [6.45, 7) is 6.50. The molecule has 0 bridgehead atoms. The van der Waals surface area contributed by atoms with Crippen LogP contribution >= 0.6 is 15.9 Å². The number of benzene rings is 3. The normalized spacial score (nSPS) is 12.6. The molecular weight excluding hydrogens is 320 g/mol. The second-order valence-electron chi connectivity index (χ2n) is 5.74. The quantitative estimate of drug-likeness (QED) is 0.484. The number of hydrogen-bond donors (Lipinski definition) is 0. The van der Waals surface area contributed by atoms with Gasteiger partial charge in [0.25, 0.3) is 0 Å². The predicted molar refractivity (Wildman–Crippen MR) is 95.4 cm³/mol. The number of fused-ring (bicyclic) bond motifs is 1. The highest BCUT2D eigenvalue weighted by Gasteiger charge is 2.16. The highest BCUT2D eigenvalue weighted by atomic mass is 79.9. The molecule has 0 aliphatic carbocycles. The third-order valence-corrected chi connectivity index (χ3v) is 5.14. The first-order valence-corrected chi connectivity index (χ1v) is 8.19. The molecule has 0 nitrogen and oxygen atoms in total. The summed E-state index contributed by atoms with van der Waals surface area (Å²) < 4.78 is 0. The van der Waals surface area contributed by atoms with E-state index in [-0.39, 0.29) is 4.83 Å². The summed E-state index contributed by atoms with van der Waals surface area (Å²) in [5.74, 6) is 0. The van der Waals surface area contributed by atoms with Crippen molar-refractivity contribution in [3.8, 4) is 0 Å². The molecule has 3 aromatic rings. The van der Waals surface area contributed by atoms with Gasteiger partial charge in [0, 0.05) is 0 Å².